The van der Waals surface area contributed by atoms with Gasteiger partial charge in [0.05, 0.1) is 4.34 Å². The number of thiophene rings is 1. The van der Waals surface area contributed by atoms with E-state index >= 15 is 0 Å². The third-order valence-corrected chi connectivity index (χ3v) is 7.55. The fourth-order valence-electron chi connectivity index (χ4n) is 2.54. The highest BCUT2D eigenvalue weighted by atomic mass is 35.5. The van der Waals surface area contributed by atoms with Crippen molar-refractivity contribution in [2.24, 2.45) is 0 Å². The summed E-state index contributed by atoms with van der Waals surface area (Å²) in [6.45, 7) is 5.58. The number of nitrogens with one attached hydrogen (secondary N) is 1. The molecule has 0 bridgehead atoms. The first-order valence-electron chi connectivity index (χ1n) is 8.19. The van der Waals surface area contributed by atoms with Gasteiger partial charge < -0.3 is 10.2 Å². The van der Waals surface area contributed by atoms with Crippen LogP contribution in [0.15, 0.2) is 16.3 Å². The van der Waals surface area contributed by atoms with Gasteiger partial charge in [-0.25, -0.2) is 8.42 Å². The van der Waals surface area contributed by atoms with Crippen molar-refractivity contribution in [2.45, 2.75) is 30.4 Å². The van der Waals surface area contributed by atoms with Gasteiger partial charge >= 0.3 is 0 Å². The van der Waals surface area contributed by atoms with E-state index < -0.39 is 10.0 Å². The first-order chi connectivity index (χ1) is 11.4. The summed E-state index contributed by atoms with van der Waals surface area (Å²) in [7, 11) is -3.59. The standard InChI is InChI=1S/C15H24ClN3O3S2/c1-2-3-9-19(24(21,22)15-5-4-13(16)23-15)10-6-14(20)18-11-7-17-8-12-18/h4-5,17H,2-3,6-12H2,1H3. The van der Waals surface area contributed by atoms with Crippen molar-refractivity contribution >= 4 is 38.9 Å². The molecule has 1 aromatic heterocycles. The lowest BCUT2D eigenvalue weighted by Gasteiger charge is -2.28. The van der Waals surface area contributed by atoms with Gasteiger partial charge in [0, 0.05) is 45.7 Å². The zero-order valence-electron chi connectivity index (χ0n) is 13.8. The Hall–Kier alpha value is -0.670. The molecule has 0 aromatic carbocycles. The maximum atomic E-state index is 12.8. The topological polar surface area (TPSA) is 69.7 Å². The van der Waals surface area contributed by atoms with Crippen molar-refractivity contribution in [1.29, 1.82) is 0 Å². The van der Waals surface area contributed by atoms with Crippen LogP contribution in [0.2, 0.25) is 4.34 Å². The van der Waals surface area contributed by atoms with Crippen LogP contribution >= 0.6 is 22.9 Å². The molecule has 1 aliphatic heterocycles. The van der Waals surface area contributed by atoms with Gasteiger partial charge in [-0.1, -0.05) is 24.9 Å². The van der Waals surface area contributed by atoms with E-state index in [0.29, 0.717) is 24.0 Å². The maximum absolute atomic E-state index is 12.8. The van der Waals surface area contributed by atoms with Gasteiger partial charge in [0.15, 0.2) is 0 Å². The molecule has 0 radical (unpaired) electrons. The summed E-state index contributed by atoms with van der Waals surface area (Å²) in [6, 6.07) is 3.11. The predicted octanol–water partition coefficient (Wildman–Crippen LogP) is 2.01. The first kappa shape index (κ1) is 19.7. The monoisotopic (exact) mass is 393 g/mol. The number of carbonyl (C=O) groups is 1. The van der Waals surface area contributed by atoms with Gasteiger partial charge in [-0.3, -0.25) is 4.79 Å². The van der Waals surface area contributed by atoms with Gasteiger partial charge in [0.2, 0.25) is 5.91 Å². The van der Waals surface area contributed by atoms with Crippen LogP contribution in [0.3, 0.4) is 0 Å². The van der Waals surface area contributed by atoms with Crippen LogP contribution in [0, 0.1) is 0 Å². The van der Waals surface area contributed by atoms with E-state index in [1.165, 1.54) is 10.4 Å². The van der Waals surface area contributed by atoms with Crippen molar-refractivity contribution in [1.82, 2.24) is 14.5 Å². The highest BCUT2D eigenvalue weighted by Crippen LogP contribution is 2.28. The molecular formula is C15H24ClN3O3S2. The Kier molecular flexibility index (Phi) is 7.49. The second-order valence-corrected chi connectivity index (χ2v) is 9.58. The molecule has 1 aromatic rings. The molecule has 1 amide bonds. The zero-order valence-corrected chi connectivity index (χ0v) is 16.2. The van der Waals surface area contributed by atoms with E-state index in [0.717, 1.165) is 37.3 Å². The Morgan fingerprint density at radius 2 is 2.04 bits per heavy atom. The molecule has 0 unspecified atom stereocenters. The number of amides is 1. The molecule has 24 heavy (non-hydrogen) atoms. The quantitative estimate of drug-likeness (QED) is 0.733. The lowest BCUT2D eigenvalue weighted by atomic mass is 10.3. The van der Waals surface area contributed by atoms with Crippen molar-refractivity contribution in [3.8, 4) is 0 Å². The van der Waals surface area contributed by atoms with Crippen LogP contribution in [-0.4, -0.2) is 62.8 Å². The highest BCUT2D eigenvalue weighted by Gasteiger charge is 2.27. The van der Waals surface area contributed by atoms with Crippen molar-refractivity contribution in [3.63, 3.8) is 0 Å². The number of hydrogen-bond donors (Lipinski definition) is 1. The van der Waals surface area contributed by atoms with Crippen LogP contribution in [0.4, 0.5) is 0 Å². The fourth-order valence-corrected chi connectivity index (χ4v) is 5.66. The number of carbonyl (C=O) groups excluding carboxylic acids is 1. The summed E-state index contributed by atoms with van der Waals surface area (Å²) in [5.41, 5.74) is 0. The van der Waals surface area contributed by atoms with Gasteiger partial charge in [-0.2, -0.15) is 4.31 Å². The highest BCUT2D eigenvalue weighted by molar-refractivity contribution is 7.91. The molecule has 136 valence electrons. The molecule has 0 saturated carbocycles. The van der Waals surface area contributed by atoms with E-state index in [2.05, 4.69) is 5.32 Å². The van der Waals surface area contributed by atoms with Crippen LogP contribution in [-0.2, 0) is 14.8 Å². The molecular weight excluding hydrogens is 370 g/mol. The number of piperazine rings is 1. The van der Waals surface area contributed by atoms with Gasteiger partial charge in [0.25, 0.3) is 10.0 Å². The Morgan fingerprint density at radius 1 is 1.33 bits per heavy atom. The molecule has 6 nitrogen and oxygen atoms in total. The molecule has 2 heterocycles. The third kappa shape index (κ3) is 5.16. The van der Waals surface area contributed by atoms with Crippen molar-refractivity contribution in [2.75, 3.05) is 39.3 Å². The Morgan fingerprint density at radius 3 is 2.62 bits per heavy atom. The number of rotatable bonds is 8. The number of unbranched alkanes of at least 4 members (excludes halogenated alkanes) is 1. The Balaban J connectivity index is 2.03. The van der Waals surface area contributed by atoms with Crippen LogP contribution in [0.25, 0.3) is 0 Å². The average Bonchev–Trinajstić information content (AvgIpc) is 3.02. The molecule has 0 spiro atoms. The lowest BCUT2D eigenvalue weighted by molar-refractivity contribution is -0.131. The van der Waals surface area contributed by atoms with E-state index in [9.17, 15) is 13.2 Å². The van der Waals surface area contributed by atoms with Crippen LogP contribution in [0.1, 0.15) is 26.2 Å². The summed E-state index contributed by atoms with van der Waals surface area (Å²) in [4.78, 5) is 14.1. The minimum atomic E-state index is -3.59. The molecule has 1 N–H and O–H groups in total. The second kappa shape index (κ2) is 9.15. The van der Waals surface area contributed by atoms with Gasteiger partial charge in [-0.05, 0) is 18.6 Å². The minimum Gasteiger partial charge on any atom is -0.340 e. The number of halogens is 1. The Bertz CT molecular complexity index is 642. The molecule has 9 heteroatoms. The van der Waals surface area contributed by atoms with E-state index in [-0.39, 0.29) is 23.1 Å². The molecule has 1 saturated heterocycles. The maximum Gasteiger partial charge on any atom is 0.252 e. The largest absolute Gasteiger partial charge is 0.340 e. The summed E-state index contributed by atoms with van der Waals surface area (Å²) in [5, 5.41) is 3.20. The summed E-state index contributed by atoms with van der Waals surface area (Å²) in [6.07, 6.45) is 1.87. The first-order valence-corrected chi connectivity index (χ1v) is 10.8. The molecule has 0 aliphatic carbocycles. The molecule has 1 fully saturated rings. The number of sulfonamides is 1. The zero-order chi connectivity index (χ0) is 17.6. The predicted molar refractivity (Wildman–Crippen MR) is 97.1 cm³/mol. The minimum absolute atomic E-state index is 0.0115. The van der Waals surface area contributed by atoms with Gasteiger partial charge in [0.1, 0.15) is 4.21 Å². The summed E-state index contributed by atoms with van der Waals surface area (Å²) in [5.74, 6) is 0.0115. The third-order valence-electron chi connectivity index (χ3n) is 3.95. The number of hydrogen-bond acceptors (Lipinski definition) is 5. The smallest absolute Gasteiger partial charge is 0.252 e. The summed E-state index contributed by atoms with van der Waals surface area (Å²) >= 11 is 6.92. The van der Waals surface area contributed by atoms with Crippen LogP contribution < -0.4 is 5.32 Å². The normalized spacial score (nSPS) is 15.9. The van der Waals surface area contributed by atoms with Crippen molar-refractivity contribution in [3.05, 3.63) is 16.5 Å². The van der Waals surface area contributed by atoms with Crippen molar-refractivity contribution < 1.29 is 13.2 Å². The SMILES string of the molecule is CCCCN(CCC(=O)N1CCNCC1)S(=O)(=O)c1ccc(Cl)s1. The fraction of sp³-hybridized carbons (Fsp3) is 0.667. The molecule has 2 rings (SSSR count). The second-order valence-electron chi connectivity index (χ2n) is 5.70. The Labute approximate surface area is 152 Å². The molecule has 1 aliphatic rings. The van der Waals surface area contributed by atoms with E-state index in [1.54, 1.807) is 11.0 Å². The molecule has 0 atom stereocenters. The summed E-state index contributed by atoms with van der Waals surface area (Å²) < 4.78 is 27.7. The lowest BCUT2D eigenvalue weighted by Crippen LogP contribution is -2.47. The van der Waals surface area contributed by atoms with E-state index in [1.807, 2.05) is 6.92 Å². The van der Waals surface area contributed by atoms with E-state index in [4.69, 9.17) is 11.6 Å². The number of nitrogens with zero attached hydrogens (tertiary/aromatic N) is 2. The van der Waals surface area contributed by atoms with Crippen LogP contribution in [0.5, 0.6) is 0 Å². The van der Waals surface area contributed by atoms with Gasteiger partial charge in [-0.15, -0.1) is 11.3 Å². The average molecular weight is 394 g/mol.